The highest BCUT2D eigenvalue weighted by Crippen LogP contribution is 2.58. The molecule has 2 unspecified atom stereocenters. The number of hydrogen-bond donors (Lipinski definition) is 0. The summed E-state index contributed by atoms with van der Waals surface area (Å²) >= 11 is 0. The predicted molar refractivity (Wildman–Crippen MR) is 105 cm³/mol. The van der Waals surface area contributed by atoms with Crippen molar-refractivity contribution < 1.29 is 4.79 Å². The third kappa shape index (κ3) is 1.73. The Bertz CT molecular complexity index is 1110. The van der Waals surface area contributed by atoms with Crippen LogP contribution in [0.15, 0.2) is 85.0 Å². The average Bonchev–Trinajstić information content (AvgIpc) is 2.87. The molecule has 124 valence electrons. The van der Waals surface area contributed by atoms with Gasteiger partial charge in [0.15, 0.2) is 5.78 Å². The van der Waals surface area contributed by atoms with Gasteiger partial charge in [0.25, 0.3) is 0 Å². The second-order valence-corrected chi connectivity index (χ2v) is 7.64. The molecule has 26 heavy (non-hydrogen) atoms. The first-order chi connectivity index (χ1) is 12.8. The van der Waals surface area contributed by atoms with Crippen molar-refractivity contribution in [1.29, 1.82) is 0 Å². The van der Waals surface area contributed by atoms with E-state index in [-0.39, 0.29) is 23.5 Å². The monoisotopic (exact) mass is 334 g/mol. The minimum Gasteiger partial charge on any atom is -0.293 e. The van der Waals surface area contributed by atoms with E-state index in [2.05, 4.69) is 66.8 Å². The highest BCUT2D eigenvalue weighted by atomic mass is 16.1. The normalized spacial score (nSPS) is 28.2. The van der Waals surface area contributed by atoms with E-state index < -0.39 is 0 Å². The lowest BCUT2D eigenvalue weighted by atomic mass is 9.70. The summed E-state index contributed by atoms with van der Waals surface area (Å²) in [4.78, 5) is 13.5. The van der Waals surface area contributed by atoms with Crippen LogP contribution >= 0.6 is 0 Å². The van der Waals surface area contributed by atoms with Crippen molar-refractivity contribution in [2.45, 2.75) is 11.8 Å². The molecule has 2 bridgehead atoms. The summed E-state index contributed by atoms with van der Waals surface area (Å²) in [6.07, 6.45) is 6.67. The molecule has 0 radical (unpaired) electrons. The smallest absolute Gasteiger partial charge is 0.170 e. The van der Waals surface area contributed by atoms with E-state index in [1.54, 1.807) is 0 Å². The number of benzene rings is 3. The number of hydrogen-bond acceptors (Lipinski definition) is 1. The molecule has 0 saturated heterocycles. The van der Waals surface area contributed by atoms with Crippen molar-refractivity contribution in [2.24, 2.45) is 11.8 Å². The zero-order valence-corrected chi connectivity index (χ0v) is 14.3. The molecular weight excluding hydrogens is 316 g/mol. The topological polar surface area (TPSA) is 17.1 Å². The third-order valence-electron chi connectivity index (χ3n) is 6.43. The molecule has 0 aliphatic heterocycles. The van der Waals surface area contributed by atoms with Crippen LogP contribution in [0.4, 0.5) is 0 Å². The fraction of sp³-hybridized carbons (Fsp3) is 0.160. The summed E-state index contributed by atoms with van der Waals surface area (Å²) in [5.74, 6) is 1.11. The van der Waals surface area contributed by atoms with E-state index in [4.69, 9.17) is 0 Å². The van der Waals surface area contributed by atoms with E-state index in [1.165, 1.54) is 21.9 Å². The van der Waals surface area contributed by atoms with E-state index >= 15 is 0 Å². The van der Waals surface area contributed by atoms with Gasteiger partial charge in [-0.1, -0.05) is 85.0 Å². The summed E-state index contributed by atoms with van der Waals surface area (Å²) in [5, 5.41) is 2.68. The maximum Gasteiger partial charge on any atom is 0.170 e. The maximum absolute atomic E-state index is 13.5. The van der Waals surface area contributed by atoms with Gasteiger partial charge in [-0.25, -0.2) is 0 Å². The lowest BCUT2D eigenvalue weighted by Crippen LogP contribution is -2.26. The molecule has 4 atom stereocenters. The average molecular weight is 334 g/mol. The SMILES string of the molecule is O=C1C(c2ccccc2)=CC2C=CC1[C@@H]1c3cccc4cccc(c34)[C@H]21. The molecular formula is C25H18O. The Kier molecular flexibility index (Phi) is 2.77. The number of Topliss-reactive ketones (excluding diaryl/α,β-unsaturated/α-hetero) is 1. The molecule has 0 N–H and O–H groups in total. The number of carbonyl (C=O) groups excluding carboxylic acids is 1. The largest absolute Gasteiger partial charge is 0.293 e. The van der Waals surface area contributed by atoms with Gasteiger partial charge >= 0.3 is 0 Å². The molecule has 7 rings (SSSR count). The zero-order chi connectivity index (χ0) is 17.3. The van der Waals surface area contributed by atoms with Gasteiger partial charge in [-0.3, -0.25) is 4.79 Å². The van der Waals surface area contributed by atoms with Crippen molar-refractivity contribution >= 4 is 22.1 Å². The Balaban J connectivity index is 1.60. The highest BCUT2D eigenvalue weighted by molar-refractivity contribution is 6.23. The van der Waals surface area contributed by atoms with Gasteiger partial charge in [0, 0.05) is 29.2 Å². The van der Waals surface area contributed by atoms with Gasteiger partial charge in [-0.2, -0.15) is 0 Å². The van der Waals surface area contributed by atoms with Crippen LogP contribution in [-0.2, 0) is 4.79 Å². The first kappa shape index (κ1) is 14.3. The number of ketones is 1. The Hall–Kier alpha value is -2.93. The number of carbonyl (C=O) groups is 1. The molecule has 0 amide bonds. The number of allylic oxidation sites excluding steroid dienone is 4. The van der Waals surface area contributed by atoms with E-state index in [9.17, 15) is 4.79 Å². The minimum absolute atomic E-state index is 0.0665. The predicted octanol–water partition coefficient (Wildman–Crippen LogP) is 5.49. The van der Waals surface area contributed by atoms with Crippen molar-refractivity contribution in [3.05, 3.63) is 102 Å². The molecule has 0 heterocycles. The van der Waals surface area contributed by atoms with E-state index in [0.29, 0.717) is 5.92 Å². The van der Waals surface area contributed by atoms with Crippen LogP contribution in [0.2, 0.25) is 0 Å². The van der Waals surface area contributed by atoms with Crippen LogP contribution in [0.3, 0.4) is 0 Å². The van der Waals surface area contributed by atoms with Crippen LogP contribution in [0.5, 0.6) is 0 Å². The molecule has 3 aromatic rings. The van der Waals surface area contributed by atoms with Crippen LogP contribution < -0.4 is 0 Å². The molecule has 3 aromatic carbocycles. The van der Waals surface area contributed by atoms with Gasteiger partial charge in [0.2, 0.25) is 0 Å². The van der Waals surface area contributed by atoms with Crippen molar-refractivity contribution in [3.8, 4) is 0 Å². The summed E-state index contributed by atoms with van der Waals surface area (Å²) in [5.41, 5.74) is 4.71. The Morgan fingerprint density at radius 3 is 2.19 bits per heavy atom. The van der Waals surface area contributed by atoms with Crippen LogP contribution in [-0.4, -0.2) is 5.78 Å². The first-order valence-electron chi connectivity index (χ1n) is 9.34. The summed E-state index contributed by atoms with van der Waals surface area (Å²) in [6.45, 7) is 0. The second kappa shape index (κ2) is 5.04. The molecule has 0 fully saturated rings. The van der Waals surface area contributed by atoms with Gasteiger partial charge in [0.05, 0.1) is 0 Å². The van der Waals surface area contributed by atoms with Crippen molar-refractivity contribution in [1.82, 2.24) is 0 Å². The Labute approximate surface area is 152 Å². The third-order valence-corrected chi connectivity index (χ3v) is 6.43. The lowest BCUT2D eigenvalue weighted by Gasteiger charge is -2.32. The summed E-state index contributed by atoms with van der Waals surface area (Å²) < 4.78 is 0. The van der Waals surface area contributed by atoms with Crippen molar-refractivity contribution in [3.63, 3.8) is 0 Å². The minimum atomic E-state index is -0.0665. The van der Waals surface area contributed by atoms with Gasteiger partial charge in [-0.15, -0.1) is 0 Å². The molecule has 1 nitrogen and oxygen atoms in total. The quantitative estimate of drug-likeness (QED) is 0.538. The first-order valence-corrected chi connectivity index (χ1v) is 9.34. The van der Waals surface area contributed by atoms with Crippen molar-refractivity contribution in [2.75, 3.05) is 0 Å². The second-order valence-electron chi connectivity index (χ2n) is 7.64. The molecule has 4 aliphatic rings. The zero-order valence-electron chi connectivity index (χ0n) is 14.3. The van der Waals surface area contributed by atoms with Crippen LogP contribution in [0, 0.1) is 11.8 Å². The van der Waals surface area contributed by atoms with Gasteiger partial charge < -0.3 is 0 Å². The number of fused-ring (bicyclic) bond motifs is 1. The highest BCUT2D eigenvalue weighted by Gasteiger charge is 2.48. The van der Waals surface area contributed by atoms with E-state index in [1.807, 2.05) is 18.2 Å². The Morgan fingerprint density at radius 1 is 0.692 bits per heavy atom. The van der Waals surface area contributed by atoms with Crippen LogP contribution in [0.1, 0.15) is 28.5 Å². The number of rotatable bonds is 1. The molecule has 1 heteroatoms. The van der Waals surface area contributed by atoms with Gasteiger partial charge in [0.1, 0.15) is 0 Å². The van der Waals surface area contributed by atoms with Crippen LogP contribution in [0.25, 0.3) is 16.3 Å². The van der Waals surface area contributed by atoms with Gasteiger partial charge in [-0.05, 0) is 27.5 Å². The molecule has 0 saturated carbocycles. The molecule has 0 aromatic heterocycles. The van der Waals surface area contributed by atoms with E-state index in [0.717, 1.165) is 11.1 Å². The summed E-state index contributed by atoms with van der Waals surface area (Å²) in [7, 11) is 0. The standard InChI is InChI=1S/C25H18O/c26-25-20-13-12-17(14-21(25)15-6-2-1-3-7-15)23-18-10-4-8-16-9-5-11-19(22(16)18)24(20)23/h1-14,17,20,23-24H/t17?,20?,23-,24-/m0/s1. The maximum atomic E-state index is 13.5. The Morgan fingerprint density at radius 2 is 1.42 bits per heavy atom. The lowest BCUT2D eigenvalue weighted by molar-refractivity contribution is -0.116. The molecule has 4 aliphatic carbocycles. The molecule has 0 spiro atoms. The fourth-order valence-corrected chi connectivity index (χ4v) is 5.41. The fourth-order valence-electron chi connectivity index (χ4n) is 5.41. The summed E-state index contributed by atoms with van der Waals surface area (Å²) in [6, 6.07) is 23.3.